The highest BCUT2D eigenvalue weighted by molar-refractivity contribution is 7.16. The van der Waals surface area contributed by atoms with Crippen molar-refractivity contribution in [2.75, 3.05) is 25.6 Å². The average molecular weight is 225 g/mol. The molecule has 2 nitrogen and oxygen atoms in total. The molecule has 0 aromatic carbocycles. The second-order valence-corrected chi connectivity index (χ2v) is 5.20. The maximum absolute atomic E-state index is 9.20. The van der Waals surface area contributed by atoms with Gasteiger partial charge in [0.1, 0.15) is 0 Å². The third-order valence-corrected chi connectivity index (χ3v) is 3.51. The highest BCUT2D eigenvalue weighted by atomic mass is 32.1. The van der Waals surface area contributed by atoms with Gasteiger partial charge >= 0.3 is 0 Å². The summed E-state index contributed by atoms with van der Waals surface area (Å²) in [5, 5.41) is 10.4. The molecule has 0 bridgehead atoms. The topological polar surface area (TPSA) is 23.5 Å². The van der Waals surface area contributed by atoms with Gasteiger partial charge in [-0.25, -0.2) is 0 Å². The van der Waals surface area contributed by atoms with Gasteiger partial charge in [0.15, 0.2) is 0 Å². The Bertz CT molecular complexity index is 339. The predicted octanol–water partition coefficient (Wildman–Crippen LogP) is 2.85. The molecule has 1 heterocycles. The Morgan fingerprint density at radius 2 is 2.13 bits per heavy atom. The lowest BCUT2D eigenvalue weighted by Gasteiger charge is -2.08. The maximum atomic E-state index is 9.20. The summed E-state index contributed by atoms with van der Waals surface area (Å²) in [6, 6.07) is 4.20. The largest absolute Gasteiger partial charge is 0.392 e. The maximum Gasteiger partial charge on any atom is 0.0909 e. The summed E-state index contributed by atoms with van der Waals surface area (Å²) in [6.45, 7) is 4.35. The molecular weight excluding hydrogens is 206 g/mol. The number of hydrogen-bond donors (Lipinski definition) is 1. The molecule has 84 valence electrons. The zero-order valence-electron chi connectivity index (χ0n) is 9.82. The number of hydrogen-bond acceptors (Lipinski definition) is 3. The molecule has 0 atom stereocenters. The van der Waals surface area contributed by atoms with Crippen molar-refractivity contribution in [3.8, 4) is 0 Å². The van der Waals surface area contributed by atoms with Gasteiger partial charge in [-0.1, -0.05) is 13.8 Å². The van der Waals surface area contributed by atoms with E-state index in [1.54, 1.807) is 11.3 Å². The first-order valence-corrected chi connectivity index (χ1v) is 5.94. The minimum absolute atomic E-state index is 0.146. The molecule has 0 radical (unpaired) electrons. The summed E-state index contributed by atoms with van der Waals surface area (Å²) >= 11 is 1.74. The van der Waals surface area contributed by atoms with Crippen LogP contribution >= 0.6 is 11.3 Å². The lowest BCUT2D eigenvalue weighted by atomic mass is 10.0. The van der Waals surface area contributed by atoms with E-state index in [0.29, 0.717) is 5.92 Å². The second kappa shape index (κ2) is 5.33. The molecule has 0 aliphatic carbocycles. The molecule has 0 fully saturated rings. The minimum atomic E-state index is 0.146. The fraction of sp³-hybridized carbons (Fsp3) is 0.500. The first kappa shape index (κ1) is 12.3. The van der Waals surface area contributed by atoms with Crippen LogP contribution in [0.2, 0.25) is 0 Å². The predicted molar refractivity (Wildman–Crippen MR) is 68.5 cm³/mol. The Kier molecular flexibility index (Phi) is 4.36. The first-order chi connectivity index (χ1) is 7.04. The molecule has 0 unspecified atom stereocenters. The van der Waals surface area contributed by atoms with Gasteiger partial charge in [-0.2, -0.15) is 0 Å². The molecule has 1 rings (SSSR count). The molecule has 0 aliphatic heterocycles. The monoisotopic (exact) mass is 225 g/mol. The molecule has 15 heavy (non-hydrogen) atoms. The lowest BCUT2D eigenvalue weighted by molar-refractivity contribution is 0.320. The number of aliphatic hydroxyl groups excluding tert-OH is 1. The first-order valence-electron chi connectivity index (χ1n) is 5.13. The van der Waals surface area contributed by atoms with E-state index < -0.39 is 0 Å². The average Bonchev–Trinajstić information content (AvgIpc) is 2.61. The van der Waals surface area contributed by atoms with E-state index in [1.807, 2.05) is 14.1 Å². The van der Waals surface area contributed by atoms with E-state index in [0.717, 1.165) is 5.57 Å². The Morgan fingerprint density at radius 1 is 1.47 bits per heavy atom. The minimum Gasteiger partial charge on any atom is -0.392 e. The smallest absolute Gasteiger partial charge is 0.0909 e. The van der Waals surface area contributed by atoms with E-state index in [2.05, 4.69) is 37.0 Å². The van der Waals surface area contributed by atoms with Gasteiger partial charge in [0.25, 0.3) is 0 Å². The van der Waals surface area contributed by atoms with Crippen molar-refractivity contribution in [2.24, 2.45) is 5.92 Å². The number of anilines is 1. The quantitative estimate of drug-likeness (QED) is 0.851. The van der Waals surface area contributed by atoms with Gasteiger partial charge in [-0.3, -0.25) is 0 Å². The van der Waals surface area contributed by atoms with Crippen LogP contribution in [0.5, 0.6) is 0 Å². The van der Waals surface area contributed by atoms with Gasteiger partial charge < -0.3 is 10.0 Å². The summed E-state index contributed by atoms with van der Waals surface area (Å²) < 4.78 is 0. The normalized spacial score (nSPS) is 12.3. The molecule has 0 aliphatic rings. The van der Waals surface area contributed by atoms with E-state index in [4.69, 9.17) is 0 Å². The third kappa shape index (κ3) is 3.36. The third-order valence-electron chi connectivity index (χ3n) is 2.31. The SMILES string of the molecule is CC(C)C(=Cc1ccc(N(C)C)s1)CO. The van der Waals surface area contributed by atoms with Crippen LogP contribution in [0.1, 0.15) is 18.7 Å². The summed E-state index contributed by atoms with van der Waals surface area (Å²) in [5.74, 6) is 0.403. The number of thiophene rings is 1. The molecule has 0 saturated heterocycles. The van der Waals surface area contributed by atoms with E-state index in [1.165, 1.54) is 9.88 Å². The van der Waals surface area contributed by atoms with Crippen molar-refractivity contribution in [1.29, 1.82) is 0 Å². The fourth-order valence-corrected chi connectivity index (χ4v) is 2.14. The van der Waals surface area contributed by atoms with Gasteiger partial charge in [0.05, 0.1) is 11.6 Å². The molecule has 0 saturated carbocycles. The zero-order chi connectivity index (χ0) is 11.4. The molecule has 1 aromatic rings. The highest BCUT2D eigenvalue weighted by Gasteiger charge is 2.04. The van der Waals surface area contributed by atoms with Crippen molar-refractivity contribution >= 4 is 22.4 Å². The van der Waals surface area contributed by atoms with Crippen LogP contribution in [0.4, 0.5) is 5.00 Å². The van der Waals surface area contributed by atoms with Gasteiger partial charge in [0.2, 0.25) is 0 Å². The number of rotatable bonds is 4. The molecule has 1 N–H and O–H groups in total. The van der Waals surface area contributed by atoms with Gasteiger partial charge in [-0.05, 0) is 29.7 Å². The zero-order valence-corrected chi connectivity index (χ0v) is 10.6. The Labute approximate surface area is 95.9 Å². The van der Waals surface area contributed by atoms with Crippen molar-refractivity contribution < 1.29 is 5.11 Å². The Hall–Kier alpha value is -0.800. The van der Waals surface area contributed by atoms with Crippen molar-refractivity contribution in [3.05, 3.63) is 22.6 Å². The molecular formula is C12H19NOS. The summed E-state index contributed by atoms with van der Waals surface area (Å²) in [6.07, 6.45) is 2.09. The summed E-state index contributed by atoms with van der Waals surface area (Å²) in [5.41, 5.74) is 1.09. The molecule has 0 spiro atoms. The molecule has 0 amide bonds. The number of nitrogens with zero attached hydrogens (tertiary/aromatic N) is 1. The Balaban J connectivity index is 2.87. The standard InChI is InChI=1S/C12H19NOS/c1-9(2)10(8-14)7-11-5-6-12(15-11)13(3)4/h5-7,9,14H,8H2,1-4H3. The van der Waals surface area contributed by atoms with Crippen molar-refractivity contribution in [2.45, 2.75) is 13.8 Å². The van der Waals surface area contributed by atoms with E-state index in [9.17, 15) is 5.11 Å². The van der Waals surface area contributed by atoms with E-state index in [-0.39, 0.29) is 6.61 Å². The van der Waals surface area contributed by atoms with Crippen molar-refractivity contribution in [1.82, 2.24) is 0 Å². The van der Waals surface area contributed by atoms with Crippen LogP contribution < -0.4 is 4.90 Å². The Morgan fingerprint density at radius 3 is 2.53 bits per heavy atom. The van der Waals surface area contributed by atoms with Crippen LogP contribution in [0, 0.1) is 5.92 Å². The molecule has 3 heteroatoms. The van der Waals surface area contributed by atoms with Crippen LogP contribution in [-0.2, 0) is 0 Å². The highest BCUT2D eigenvalue weighted by Crippen LogP contribution is 2.27. The van der Waals surface area contributed by atoms with E-state index >= 15 is 0 Å². The van der Waals surface area contributed by atoms with Crippen LogP contribution in [0.25, 0.3) is 6.08 Å². The number of aliphatic hydroxyl groups is 1. The summed E-state index contributed by atoms with van der Waals surface area (Å²) in [7, 11) is 4.07. The van der Waals surface area contributed by atoms with Crippen molar-refractivity contribution in [3.63, 3.8) is 0 Å². The van der Waals surface area contributed by atoms with Gasteiger partial charge in [-0.15, -0.1) is 11.3 Å². The van der Waals surface area contributed by atoms with Crippen LogP contribution in [0.15, 0.2) is 17.7 Å². The van der Waals surface area contributed by atoms with Gasteiger partial charge in [0, 0.05) is 19.0 Å². The van der Waals surface area contributed by atoms with Crippen LogP contribution in [-0.4, -0.2) is 25.8 Å². The fourth-order valence-electron chi connectivity index (χ4n) is 1.24. The summed E-state index contributed by atoms with van der Waals surface area (Å²) in [4.78, 5) is 3.30. The van der Waals surface area contributed by atoms with Crippen LogP contribution in [0.3, 0.4) is 0 Å². The second-order valence-electron chi connectivity index (χ2n) is 4.10. The lowest BCUT2D eigenvalue weighted by Crippen LogP contribution is -2.05. The molecule has 1 aromatic heterocycles.